The molecule has 0 fully saturated rings. The summed E-state index contributed by atoms with van der Waals surface area (Å²) < 4.78 is 0.813. The number of benzene rings is 2. The third-order valence-corrected chi connectivity index (χ3v) is 4.98. The number of aromatic nitrogens is 1. The number of fused-ring (bicyclic) bond motifs is 2. The largest absolute Gasteiger partial charge is 0.372 e. The number of carbonyl (C=O) groups excluding carboxylic acids is 1. The molecule has 0 unspecified atom stereocenters. The Morgan fingerprint density at radius 1 is 1.25 bits per heavy atom. The Hall–Kier alpha value is -2.37. The van der Waals surface area contributed by atoms with Crippen molar-refractivity contribution in [3.8, 4) is 0 Å². The second-order valence-corrected chi connectivity index (χ2v) is 6.74. The lowest BCUT2D eigenvalue weighted by Gasteiger charge is -2.22. The molecule has 0 saturated carbocycles. The Balaban J connectivity index is 2.01. The summed E-state index contributed by atoms with van der Waals surface area (Å²) in [6.45, 7) is 4.06. The van der Waals surface area contributed by atoms with Gasteiger partial charge in [0, 0.05) is 39.2 Å². The van der Waals surface area contributed by atoms with Gasteiger partial charge in [-0.25, -0.2) is 0 Å². The van der Waals surface area contributed by atoms with Crippen molar-refractivity contribution in [2.75, 3.05) is 11.4 Å². The molecule has 4 rings (SSSR count). The molecule has 1 aromatic heterocycles. The molecule has 4 nitrogen and oxygen atoms in total. The van der Waals surface area contributed by atoms with Gasteiger partial charge >= 0.3 is 0 Å². The van der Waals surface area contributed by atoms with E-state index in [0.717, 1.165) is 15.4 Å². The van der Waals surface area contributed by atoms with Crippen molar-refractivity contribution >= 4 is 38.4 Å². The molecule has 0 spiro atoms. The molecule has 1 aliphatic rings. The first kappa shape index (κ1) is 15.2. The minimum Gasteiger partial charge on any atom is -0.372 e. The van der Waals surface area contributed by atoms with Gasteiger partial charge in [-0.15, -0.1) is 6.58 Å². The fraction of sp³-hybridized carbons (Fsp3) is 0.105. The maximum Gasteiger partial charge on any atom is 0.268 e. The minimum atomic E-state index is -1.72. The molecule has 2 N–H and O–H groups in total. The zero-order chi connectivity index (χ0) is 16.9. The van der Waals surface area contributed by atoms with Crippen molar-refractivity contribution in [1.29, 1.82) is 0 Å². The maximum absolute atomic E-state index is 13.1. The van der Waals surface area contributed by atoms with Crippen LogP contribution in [0.1, 0.15) is 11.1 Å². The zero-order valence-corrected chi connectivity index (χ0v) is 14.4. The SMILES string of the molecule is C=CCN1C(=O)[C@@](O)(c2c[nH]c3ccccc23)c2cc(Br)ccc21. The average molecular weight is 383 g/mol. The van der Waals surface area contributed by atoms with E-state index in [1.54, 1.807) is 23.2 Å². The van der Waals surface area contributed by atoms with Crippen LogP contribution in [0.5, 0.6) is 0 Å². The van der Waals surface area contributed by atoms with Gasteiger partial charge in [-0.3, -0.25) is 4.79 Å². The number of hydrogen-bond donors (Lipinski definition) is 2. The number of nitrogens with zero attached hydrogens (tertiary/aromatic N) is 1. The lowest BCUT2D eigenvalue weighted by atomic mass is 9.87. The number of halogens is 1. The van der Waals surface area contributed by atoms with Gasteiger partial charge in [-0.1, -0.05) is 40.2 Å². The summed E-state index contributed by atoms with van der Waals surface area (Å²) in [5, 5.41) is 12.4. The van der Waals surface area contributed by atoms with Crippen LogP contribution in [0.3, 0.4) is 0 Å². The molecule has 120 valence electrons. The van der Waals surface area contributed by atoms with Gasteiger partial charge in [0.2, 0.25) is 0 Å². The highest BCUT2D eigenvalue weighted by Crippen LogP contribution is 2.47. The summed E-state index contributed by atoms with van der Waals surface area (Å²) in [5.41, 5.74) is 1.01. The number of amides is 1. The summed E-state index contributed by atoms with van der Waals surface area (Å²) in [7, 11) is 0. The van der Waals surface area contributed by atoms with Gasteiger partial charge in [0.15, 0.2) is 5.60 Å². The lowest BCUT2D eigenvalue weighted by Crippen LogP contribution is -2.41. The van der Waals surface area contributed by atoms with Crippen LogP contribution in [0.25, 0.3) is 10.9 Å². The van der Waals surface area contributed by atoms with Crippen LogP contribution >= 0.6 is 15.9 Å². The number of anilines is 1. The number of para-hydroxylation sites is 1. The van der Waals surface area contributed by atoms with Crippen LogP contribution in [-0.4, -0.2) is 22.5 Å². The summed E-state index contributed by atoms with van der Waals surface area (Å²) in [5.74, 6) is -0.361. The molecular formula is C19H15BrN2O2. The average Bonchev–Trinajstić information content (AvgIpc) is 3.10. The topological polar surface area (TPSA) is 56.3 Å². The number of rotatable bonds is 3. The Morgan fingerprint density at radius 3 is 2.83 bits per heavy atom. The first-order valence-corrected chi connectivity index (χ1v) is 8.38. The van der Waals surface area contributed by atoms with Gasteiger partial charge in [-0.05, 0) is 24.3 Å². The van der Waals surface area contributed by atoms with Crippen LogP contribution in [0, 0.1) is 0 Å². The van der Waals surface area contributed by atoms with Gasteiger partial charge in [0.25, 0.3) is 5.91 Å². The van der Waals surface area contributed by atoms with Gasteiger partial charge in [0.05, 0.1) is 5.69 Å². The van der Waals surface area contributed by atoms with E-state index >= 15 is 0 Å². The molecule has 24 heavy (non-hydrogen) atoms. The third-order valence-electron chi connectivity index (χ3n) is 4.48. The fourth-order valence-electron chi connectivity index (χ4n) is 3.39. The van der Waals surface area contributed by atoms with Gasteiger partial charge in [0.1, 0.15) is 0 Å². The summed E-state index contributed by atoms with van der Waals surface area (Å²) in [6.07, 6.45) is 3.37. The van der Waals surface area contributed by atoms with E-state index in [0.29, 0.717) is 23.4 Å². The molecule has 1 atom stereocenters. The molecule has 5 heteroatoms. The van der Waals surface area contributed by atoms with Crippen LogP contribution < -0.4 is 4.90 Å². The summed E-state index contributed by atoms with van der Waals surface area (Å²) in [4.78, 5) is 17.8. The number of hydrogen-bond acceptors (Lipinski definition) is 2. The molecule has 1 amide bonds. The lowest BCUT2D eigenvalue weighted by molar-refractivity contribution is -0.131. The molecule has 0 aliphatic carbocycles. The van der Waals surface area contributed by atoms with E-state index < -0.39 is 5.60 Å². The van der Waals surface area contributed by atoms with Crippen molar-refractivity contribution in [1.82, 2.24) is 4.98 Å². The zero-order valence-electron chi connectivity index (χ0n) is 12.8. The molecule has 3 aromatic rings. The Labute approximate surface area is 147 Å². The molecule has 0 saturated heterocycles. The fourth-order valence-corrected chi connectivity index (χ4v) is 3.76. The number of aliphatic hydroxyl groups is 1. The highest BCUT2D eigenvalue weighted by Gasteiger charge is 2.51. The summed E-state index contributed by atoms with van der Waals surface area (Å²) in [6, 6.07) is 13.1. The van der Waals surface area contributed by atoms with E-state index in [9.17, 15) is 9.90 Å². The molecule has 1 aliphatic heterocycles. The smallest absolute Gasteiger partial charge is 0.268 e. The number of aromatic amines is 1. The van der Waals surface area contributed by atoms with E-state index in [1.165, 1.54) is 0 Å². The van der Waals surface area contributed by atoms with E-state index in [2.05, 4.69) is 27.5 Å². The van der Waals surface area contributed by atoms with E-state index in [-0.39, 0.29) is 5.91 Å². The van der Waals surface area contributed by atoms with Crippen LogP contribution in [0.15, 0.2) is 65.8 Å². The molecule has 2 heterocycles. The van der Waals surface area contributed by atoms with Gasteiger partial charge in [-0.2, -0.15) is 0 Å². The summed E-state index contributed by atoms with van der Waals surface area (Å²) >= 11 is 3.44. The first-order chi connectivity index (χ1) is 11.6. The van der Waals surface area contributed by atoms with Crippen molar-refractivity contribution in [3.63, 3.8) is 0 Å². The number of carbonyl (C=O) groups is 1. The minimum absolute atomic E-state index is 0.345. The molecular weight excluding hydrogens is 368 g/mol. The monoisotopic (exact) mass is 382 g/mol. The highest BCUT2D eigenvalue weighted by atomic mass is 79.9. The first-order valence-electron chi connectivity index (χ1n) is 7.59. The predicted molar refractivity (Wildman–Crippen MR) is 98.0 cm³/mol. The van der Waals surface area contributed by atoms with Crippen LogP contribution in [0.2, 0.25) is 0 Å². The predicted octanol–water partition coefficient (Wildman–Crippen LogP) is 3.70. The highest BCUT2D eigenvalue weighted by molar-refractivity contribution is 9.10. The van der Waals surface area contributed by atoms with Gasteiger partial charge < -0.3 is 15.0 Å². The normalized spacial score (nSPS) is 19.8. The third kappa shape index (κ3) is 1.92. The van der Waals surface area contributed by atoms with Crippen molar-refractivity contribution in [2.24, 2.45) is 0 Å². The van der Waals surface area contributed by atoms with Crippen molar-refractivity contribution in [3.05, 3.63) is 76.9 Å². The molecule has 0 bridgehead atoms. The Kier molecular flexibility index (Phi) is 3.37. The number of H-pyrrole nitrogens is 1. The Bertz CT molecular complexity index is 978. The van der Waals surface area contributed by atoms with E-state index in [1.807, 2.05) is 36.4 Å². The number of nitrogens with one attached hydrogen (secondary N) is 1. The Morgan fingerprint density at radius 2 is 2.04 bits per heavy atom. The van der Waals surface area contributed by atoms with Crippen LogP contribution in [0.4, 0.5) is 5.69 Å². The second kappa shape index (κ2) is 5.33. The van der Waals surface area contributed by atoms with Crippen molar-refractivity contribution in [2.45, 2.75) is 5.60 Å². The molecule has 0 radical (unpaired) electrons. The standard InChI is InChI=1S/C19H15BrN2O2/c1-2-9-22-17-8-7-12(20)10-14(17)19(24,18(22)23)15-11-21-16-6-4-3-5-13(15)16/h2-8,10-11,21,24H,1,9H2/t19-/m0/s1. The van der Waals surface area contributed by atoms with E-state index in [4.69, 9.17) is 0 Å². The van der Waals surface area contributed by atoms with Crippen LogP contribution in [-0.2, 0) is 10.4 Å². The quantitative estimate of drug-likeness (QED) is 0.678. The molecule has 2 aromatic carbocycles. The maximum atomic E-state index is 13.1. The van der Waals surface area contributed by atoms with Crippen molar-refractivity contribution < 1.29 is 9.90 Å². The second-order valence-electron chi connectivity index (χ2n) is 5.82.